The van der Waals surface area contributed by atoms with E-state index in [0.717, 1.165) is 5.56 Å². The molecule has 17 heavy (non-hydrogen) atoms. The van der Waals surface area contributed by atoms with Crippen LogP contribution in [0.4, 0.5) is 0 Å². The molecule has 1 atom stereocenters. The summed E-state index contributed by atoms with van der Waals surface area (Å²) >= 11 is 17.7. The minimum Gasteiger partial charge on any atom is -0.383 e. The average Bonchev–Trinajstić information content (AvgIpc) is 2.30. The Bertz CT molecular complexity index is 398. The van der Waals surface area contributed by atoms with Gasteiger partial charge in [-0.2, -0.15) is 0 Å². The molecule has 4 heteroatoms. The number of rotatable bonds is 4. The molecule has 1 nitrogen and oxygen atoms in total. The summed E-state index contributed by atoms with van der Waals surface area (Å²) in [5.74, 6) is 0.00387. The molecule has 1 rings (SSSR count). The molecule has 0 radical (unpaired) electrons. The van der Waals surface area contributed by atoms with Crippen LogP contribution in [0.2, 0.25) is 5.02 Å². The highest BCUT2D eigenvalue weighted by Gasteiger charge is 2.33. The molecule has 1 aromatic rings. The van der Waals surface area contributed by atoms with E-state index in [4.69, 9.17) is 34.8 Å². The van der Waals surface area contributed by atoms with Crippen LogP contribution in [0.5, 0.6) is 0 Å². The smallest absolute Gasteiger partial charge is 0.116 e. The Labute approximate surface area is 117 Å². The van der Waals surface area contributed by atoms with Crippen LogP contribution in [0.1, 0.15) is 19.4 Å². The summed E-state index contributed by atoms with van der Waals surface area (Å²) in [6, 6.07) is 7.21. The van der Waals surface area contributed by atoms with Gasteiger partial charge in [0.25, 0.3) is 0 Å². The summed E-state index contributed by atoms with van der Waals surface area (Å²) in [5.41, 5.74) is -0.313. The van der Waals surface area contributed by atoms with Crippen molar-refractivity contribution >= 4 is 40.9 Å². The minimum atomic E-state index is -1.19. The van der Waals surface area contributed by atoms with E-state index in [-0.39, 0.29) is 11.8 Å². The zero-order valence-electron chi connectivity index (χ0n) is 9.75. The lowest BCUT2D eigenvalue weighted by Gasteiger charge is -2.29. The molecule has 0 aromatic heterocycles. The van der Waals surface area contributed by atoms with Crippen LogP contribution in [0.3, 0.4) is 0 Å². The van der Waals surface area contributed by atoms with Crippen LogP contribution in [0.25, 0.3) is 6.08 Å². The third kappa shape index (κ3) is 3.62. The highest BCUT2D eigenvalue weighted by Crippen LogP contribution is 2.31. The van der Waals surface area contributed by atoms with Gasteiger partial charge in [-0.05, 0) is 29.7 Å². The molecule has 0 bridgehead atoms. The van der Waals surface area contributed by atoms with E-state index in [1.807, 2.05) is 26.0 Å². The fourth-order valence-electron chi connectivity index (χ4n) is 1.32. The zero-order chi connectivity index (χ0) is 13.1. The monoisotopic (exact) mass is 292 g/mol. The number of hydrogen-bond donors (Lipinski definition) is 1. The van der Waals surface area contributed by atoms with Crippen LogP contribution < -0.4 is 0 Å². The number of aliphatic hydroxyl groups is 1. The molecule has 94 valence electrons. The Morgan fingerprint density at radius 1 is 1.35 bits per heavy atom. The lowest BCUT2D eigenvalue weighted by Crippen LogP contribution is -2.37. The van der Waals surface area contributed by atoms with E-state index in [2.05, 4.69) is 0 Å². The lowest BCUT2D eigenvalue weighted by molar-refractivity contribution is 0.0623. The predicted molar refractivity (Wildman–Crippen MR) is 75.8 cm³/mol. The van der Waals surface area contributed by atoms with Crippen molar-refractivity contribution in [1.29, 1.82) is 0 Å². The second-order valence-electron chi connectivity index (χ2n) is 4.26. The molecule has 0 saturated carbocycles. The summed E-state index contributed by atoms with van der Waals surface area (Å²) in [4.78, 5) is 0. The van der Waals surface area contributed by atoms with Gasteiger partial charge in [-0.3, -0.25) is 0 Å². The Morgan fingerprint density at radius 2 is 1.88 bits per heavy atom. The maximum Gasteiger partial charge on any atom is 0.116 e. The maximum atomic E-state index is 10.3. The summed E-state index contributed by atoms with van der Waals surface area (Å²) in [6.45, 7) is 3.75. The minimum absolute atomic E-state index is 0.0592. The average molecular weight is 294 g/mol. The first kappa shape index (κ1) is 14.8. The highest BCUT2D eigenvalue weighted by atomic mass is 35.5. The summed E-state index contributed by atoms with van der Waals surface area (Å²) < 4.78 is 0. The topological polar surface area (TPSA) is 20.2 Å². The van der Waals surface area contributed by atoms with Gasteiger partial charge in [-0.15, -0.1) is 11.6 Å². The summed E-state index contributed by atoms with van der Waals surface area (Å²) in [6.07, 6.45) is 1.71. The Hall–Kier alpha value is -0.210. The fraction of sp³-hybridized carbons (Fsp3) is 0.385. The second-order valence-corrected chi connectivity index (χ2v) is 5.37. The standard InChI is InChI=1S/C13H15Cl3O/c1-9(2)13(17,8-14)12(16)7-10-3-5-11(15)6-4-10/h3-7,9,17H,8H2,1-2H3/b12-7-. The summed E-state index contributed by atoms with van der Waals surface area (Å²) in [7, 11) is 0. The maximum absolute atomic E-state index is 10.3. The van der Waals surface area contributed by atoms with Crippen molar-refractivity contribution in [3.63, 3.8) is 0 Å². The Balaban J connectivity index is 3.02. The van der Waals surface area contributed by atoms with Crippen molar-refractivity contribution in [2.75, 3.05) is 5.88 Å². The van der Waals surface area contributed by atoms with Crippen molar-refractivity contribution in [2.45, 2.75) is 19.4 Å². The molecule has 0 spiro atoms. The number of alkyl halides is 1. The SMILES string of the molecule is CC(C)C(O)(CCl)/C(Cl)=C/c1ccc(Cl)cc1. The van der Waals surface area contributed by atoms with Crippen molar-refractivity contribution in [3.8, 4) is 0 Å². The number of benzene rings is 1. The second kappa shape index (κ2) is 6.10. The third-order valence-corrected chi connectivity index (χ3v) is 3.83. The molecular weight excluding hydrogens is 279 g/mol. The van der Waals surface area contributed by atoms with Crippen molar-refractivity contribution in [1.82, 2.24) is 0 Å². The molecule has 0 amide bonds. The molecule has 1 aromatic carbocycles. The van der Waals surface area contributed by atoms with E-state index in [9.17, 15) is 5.11 Å². The molecule has 0 saturated heterocycles. The third-order valence-electron chi connectivity index (χ3n) is 2.74. The molecular formula is C13H15Cl3O. The molecule has 1 unspecified atom stereocenters. The van der Waals surface area contributed by atoms with Gasteiger partial charge in [0.05, 0.1) is 10.9 Å². The fourth-order valence-corrected chi connectivity index (χ4v) is 2.38. The molecule has 1 N–H and O–H groups in total. The Kier molecular flexibility index (Phi) is 5.33. The zero-order valence-corrected chi connectivity index (χ0v) is 12.0. The van der Waals surface area contributed by atoms with Gasteiger partial charge in [0.1, 0.15) is 5.60 Å². The normalized spacial score (nSPS) is 16.1. The van der Waals surface area contributed by atoms with Crippen molar-refractivity contribution in [3.05, 3.63) is 39.9 Å². The van der Waals surface area contributed by atoms with Crippen LogP contribution >= 0.6 is 34.8 Å². The van der Waals surface area contributed by atoms with Gasteiger partial charge in [0.2, 0.25) is 0 Å². The number of halogens is 3. The van der Waals surface area contributed by atoms with Crippen molar-refractivity contribution in [2.24, 2.45) is 5.92 Å². The first-order valence-corrected chi connectivity index (χ1v) is 6.60. The quantitative estimate of drug-likeness (QED) is 0.808. The van der Waals surface area contributed by atoms with Crippen LogP contribution in [-0.2, 0) is 0 Å². The van der Waals surface area contributed by atoms with Gasteiger partial charge in [0, 0.05) is 5.02 Å². The predicted octanol–water partition coefficient (Wildman–Crippen LogP) is 4.55. The molecule has 0 fully saturated rings. The van der Waals surface area contributed by atoms with E-state index in [1.54, 1.807) is 18.2 Å². The molecule has 0 aliphatic carbocycles. The number of hydrogen-bond acceptors (Lipinski definition) is 1. The largest absolute Gasteiger partial charge is 0.383 e. The van der Waals surface area contributed by atoms with Crippen molar-refractivity contribution < 1.29 is 5.11 Å². The Morgan fingerprint density at radius 3 is 2.29 bits per heavy atom. The van der Waals surface area contributed by atoms with E-state index in [1.165, 1.54) is 0 Å². The van der Waals surface area contributed by atoms with Crippen LogP contribution in [0, 0.1) is 5.92 Å². The molecule has 0 heterocycles. The van der Waals surface area contributed by atoms with Crippen LogP contribution in [0.15, 0.2) is 29.3 Å². The summed E-state index contributed by atoms with van der Waals surface area (Å²) in [5, 5.41) is 11.3. The first-order chi connectivity index (χ1) is 7.90. The van der Waals surface area contributed by atoms with Gasteiger partial charge in [0.15, 0.2) is 0 Å². The van der Waals surface area contributed by atoms with E-state index < -0.39 is 5.60 Å². The van der Waals surface area contributed by atoms with Gasteiger partial charge in [-0.25, -0.2) is 0 Å². The van der Waals surface area contributed by atoms with Gasteiger partial charge >= 0.3 is 0 Å². The lowest BCUT2D eigenvalue weighted by atomic mass is 9.91. The molecule has 0 aliphatic heterocycles. The van der Waals surface area contributed by atoms with Crippen LogP contribution in [-0.4, -0.2) is 16.6 Å². The van der Waals surface area contributed by atoms with E-state index >= 15 is 0 Å². The highest BCUT2D eigenvalue weighted by molar-refractivity contribution is 6.33. The van der Waals surface area contributed by atoms with Gasteiger partial charge < -0.3 is 5.11 Å². The van der Waals surface area contributed by atoms with Gasteiger partial charge in [-0.1, -0.05) is 49.2 Å². The first-order valence-electron chi connectivity index (χ1n) is 5.31. The van der Waals surface area contributed by atoms with E-state index in [0.29, 0.717) is 10.1 Å². The molecule has 0 aliphatic rings.